The Morgan fingerprint density at radius 1 is 0.960 bits per heavy atom. The van der Waals surface area contributed by atoms with Crippen LogP contribution in [0.15, 0.2) is 48.8 Å². The minimum atomic E-state index is 0.247. The maximum absolute atomic E-state index is 6.10. The summed E-state index contributed by atoms with van der Waals surface area (Å²) in [5.41, 5.74) is 9.73. The van der Waals surface area contributed by atoms with E-state index in [1.54, 1.807) is 0 Å². The third-order valence-corrected chi connectivity index (χ3v) is 5.40. The van der Waals surface area contributed by atoms with Gasteiger partial charge in [-0.15, -0.1) is 0 Å². The van der Waals surface area contributed by atoms with E-state index in [0.717, 1.165) is 42.5 Å². The second-order valence-corrected chi connectivity index (χ2v) is 7.31. The molecule has 2 aliphatic rings. The number of fused-ring (bicyclic) bond motifs is 1. The van der Waals surface area contributed by atoms with E-state index < -0.39 is 0 Å². The number of pyridine rings is 2. The second kappa shape index (κ2) is 5.81. The van der Waals surface area contributed by atoms with E-state index in [4.69, 9.17) is 5.73 Å². The minimum Gasteiger partial charge on any atom is -0.354 e. The van der Waals surface area contributed by atoms with Crippen LogP contribution in [0.2, 0.25) is 0 Å². The van der Waals surface area contributed by atoms with Gasteiger partial charge in [-0.1, -0.05) is 12.1 Å². The first-order valence-corrected chi connectivity index (χ1v) is 9.13. The van der Waals surface area contributed by atoms with Crippen LogP contribution in [0.1, 0.15) is 30.7 Å². The summed E-state index contributed by atoms with van der Waals surface area (Å²) < 4.78 is 0. The summed E-state index contributed by atoms with van der Waals surface area (Å²) in [4.78, 5) is 11.6. The predicted octanol–water partition coefficient (Wildman–Crippen LogP) is 3.71. The number of nitrogens with zero attached hydrogens (tertiary/aromatic N) is 3. The molecular formula is C21H22N4. The van der Waals surface area contributed by atoms with Gasteiger partial charge in [0, 0.05) is 42.5 Å². The lowest BCUT2D eigenvalue weighted by molar-refractivity contribution is 0.751. The van der Waals surface area contributed by atoms with Gasteiger partial charge >= 0.3 is 0 Å². The van der Waals surface area contributed by atoms with Crippen molar-refractivity contribution in [2.75, 3.05) is 18.0 Å². The molecule has 2 aromatic heterocycles. The fraction of sp³-hybridized carbons (Fsp3) is 0.333. The fourth-order valence-corrected chi connectivity index (χ4v) is 3.82. The maximum Gasteiger partial charge on any atom is 0.136 e. The highest BCUT2D eigenvalue weighted by Crippen LogP contribution is 2.41. The molecule has 0 amide bonds. The van der Waals surface area contributed by atoms with Crippen LogP contribution in [0, 0.1) is 0 Å². The molecule has 1 saturated carbocycles. The van der Waals surface area contributed by atoms with Crippen LogP contribution >= 0.6 is 0 Å². The van der Waals surface area contributed by atoms with Gasteiger partial charge in [-0.3, -0.25) is 4.98 Å². The van der Waals surface area contributed by atoms with Crippen molar-refractivity contribution in [2.24, 2.45) is 5.73 Å². The molecule has 0 radical (unpaired) electrons. The van der Waals surface area contributed by atoms with Crippen LogP contribution in [0.25, 0.3) is 22.0 Å². The minimum absolute atomic E-state index is 0.247. The number of hydrogen-bond donors (Lipinski definition) is 1. The monoisotopic (exact) mass is 330 g/mol. The van der Waals surface area contributed by atoms with Crippen molar-refractivity contribution in [2.45, 2.75) is 31.2 Å². The summed E-state index contributed by atoms with van der Waals surface area (Å²) in [7, 11) is 0. The van der Waals surface area contributed by atoms with E-state index in [0.29, 0.717) is 0 Å². The van der Waals surface area contributed by atoms with E-state index in [2.05, 4.69) is 51.3 Å². The Labute approximate surface area is 147 Å². The average Bonchev–Trinajstić information content (AvgIpc) is 3.42. The zero-order valence-electron chi connectivity index (χ0n) is 14.2. The summed E-state index contributed by atoms with van der Waals surface area (Å²) in [6.45, 7) is 1.86. The normalized spacial score (nSPS) is 20.4. The second-order valence-electron chi connectivity index (χ2n) is 7.31. The Kier molecular flexibility index (Phi) is 3.45. The summed E-state index contributed by atoms with van der Waals surface area (Å²) >= 11 is 0. The van der Waals surface area contributed by atoms with Crippen LogP contribution in [0.4, 0.5) is 5.82 Å². The van der Waals surface area contributed by atoms with Crippen LogP contribution in [-0.4, -0.2) is 29.1 Å². The lowest BCUT2D eigenvalue weighted by atomic mass is 10.0. The van der Waals surface area contributed by atoms with Crippen LogP contribution in [0.5, 0.6) is 0 Å². The number of aromatic nitrogens is 2. The lowest BCUT2D eigenvalue weighted by Crippen LogP contribution is -2.26. The van der Waals surface area contributed by atoms with Gasteiger partial charge in [0.15, 0.2) is 0 Å². The number of hydrogen-bond acceptors (Lipinski definition) is 4. The highest BCUT2D eigenvalue weighted by molar-refractivity contribution is 5.95. The molecule has 0 bridgehead atoms. The highest BCUT2D eigenvalue weighted by Gasteiger charge is 2.24. The first-order valence-electron chi connectivity index (χ1n) is 9.13. The van der Waals surface area contributed by atoms with Crippen LogP contribution in [0.3, 0.4) is 0 Å². The molecule has 3 heterocycles. The van der Waals surface area contributed by atoms with Gasteiger partial charge < -0.3 is 10.6 Å². The molecule has 2 N–H and O–H groups in total. The average molecular weight is 330 g/mol. The SMILES string of the molecule is N[C@@H]1CCN(c2nccc3ccc(-c4cc(C5CC5)ccn4)cc23)C1. The molecule has 3 aromatic rings. The van der Waals surface area contributed by atoms with Gasteiger partial charge in [0.05, 0.1) is 5.69 Å². The van der Waals surface area contributed by atoms with Gasteiger partial charge in [-0.25, -0.2) is 4.98 Å². The van der Waals surface area contributed by atoms with Crippen LogP contribution in [-0.2, 0) is 0 Å². The standard InChI is InChI=1S/C21H22N4/c22-18-7-10-25(13-18)21-19-11-17(4-3-15(19)5-9-24-21)20-12-16(6-8-23-20)14-1-2-14/h3-6,8-9,11-12,14,18H,1-2,7,10,13,22H2/t18-/m1/s1. The largest absolute Gasteiger partial charge is 0.354 e. The van der Waals surface area contributed by atoms with Gasteiger partial charge in [0.2, 0.25) is 0 Å². The Morgan fingerprint density at radius 2 is 1.84 bits per heavy atom. The Morgan fingerprint density at radius 3 is 2.64 bits per heavy atom. The number of nitrogens with two attached hydrogens (primary N) is 1. The lowest BCUT2D eigenvalue weighted by Gasteiger charge is -2.19. The van der Waals surface area contributed by atoms with E-state index in [1.165, 1.54) is 29.2 Å². The van der Waals surface area contributed by atoms with Gasteiger partial charge in [-0.2, -0.15) is 0 Å². The number of rotatable bonds is 3. The van der Waals surface area contributed by atoms with E-state index in [1.807, 2.05) is 12.4 Å². The molecule has 1 aliphatic carbocycles. The van der Waals surface area contributed by atoms with Crippen molar-refractivity contribution >= 4 is 16.6 Å². The van der Waals surface area contributed by atoms with E-state index >= 15 is 0 Å². The zero-order valence-corrected chi connectivity index (χ0v) is 14.2. The Hall–Kier alpha value is -2.46. The summed E-state index contributed by atoms with van der Waals surface area (Å²) in [6.07, 6.45) is 7.49. The summed E-state index contributed by atoms with van der Waals surface area (Å²) in [5, 5.41) is 2.40. The summed E-state index contributed by atoms with van der Waals surface area (Å²) in [5.74, 6) is 1.79. The molecular weight excluding hydrogens is 308 g/mol. The number of anilines is 1. The molecule has 1 atom stereocenters. The quantitative estimate of drug-likeness (QED) is 0.795. The number of benzene rings is 1. The Bertz CT molecular complexity index is 932. The molecule has 1 saturated heterocycles. The first kappa shape index (κ1) is 14.8. The van der Waals surface area contributed by atoms with E-state index in [9.17, 15) is 0 Å². The molecule has 0 unspecified atom stereocenters. The van der Waals surface area contributed by atoms with Gasteiger partial charge in [0.25, 0.3) is 0 Å². The zero-order chi connectivity index (χ0) is 16.8. The molecule has 1 aromatic carbocycles. The van der Waals surface area contributed by atoms with Gasteiger partial charge in [-0.05, 0) is 60.4 Å². The fourth-order valence-electron chi connectivity index (χ4n) is 3.82. The van der Waals surface area contributed by atoms with Crippen molar-refractivity contribution in [3.05, 3.63) is 54.4 Å². The maximum atomic E-state index is 6.10. The van der Waals surface area contributed by atoms with Gasteiger partial charge in [0.1, 0.15) is 5.82 Å². The molecule has 0 spiro atoms. The van der Waals surface area contributed by atoms with Crippen molar-refractivity contribution in [3.63, 3.8) is 0 Å². The van der Waals surface area contributed by atoms with Crippen molar-refractivity contribution in [1.82, 2.24) is 9.97 Å². The Balaban J connectivity index is 1.59. The molecule has 1 aliphatic heterocycles. The molecule has 5 rings (SSSR count). The van der Waals surface area contributed by atoms with Crippen LogP contribution < -0.4 is 10.6 Å². The molecule has 25 heavy (non-hydrogen) atoms. The third-order valence-electron chi connectivity index (χ3n) is 5.40. The predicted molar refractivity (Wildman–Crippen MR) is 102 cm³/mol. The highest BCUT2D eigenvalue weighted by atomic mass is 15.2. The summed E-state index contributed by atoms with van der Waals surface area (Å²) in [6, 6.07) is 13.3. The topological polar surface area (TPSA) is 55.0 Å². The van der Waals surface area contributed by atoms with Crippen molar-refractivity contribution in [3.8, 4) is 11.3 Å². The van der Waals surface area contributed by atoms with Crippen molar-refractivity contribution < 1.29 is 0 Å². The molecule has 4 heteroatoms. The smallest absolute Gasteiger partial charge is 0.136 e. The molecule has 2 fully saturated rings. The van der Waals surface area contributed by atoms with Crippen molar-refractivity contribution in [1.29, 1.82) is 0 Å². The van der Waals surface area contributed by atoms with E-state index in [-0.39, 0.29) is 6.04 Å². The molecule has 126 valence electrons. The third kappa shape index (κ3) is 2.76. The molecule has 4 nitrogen and oxygen atoms in total. The first-order chi connectivity index (χ1) is 12.3.